The van der Waals surface area contributed by atoms with Crippen molar-refractivity contribution in [2.75, 3.05) is 0 Å². The lowest BCUT2D eigenvalue weighted by Crippen LogP contribution is -2.35. The molecule has 0 radical (unpaired) electrons. The molecule has 1 saturated carbocycles. The summed E-state index contributed by atoms with van der Waals surface area (Å²) in [6, 6.07) is 15.9. The van der Waals surface area contributed by atoms with Crippen LogP contribution in [-0.4, -0.2) is 40.9 Å². The Hall–Kier alpha value is -3.88. The minimum Gasteiger partial charge on any atom is -0.274 e. The Labute approximate surface area is 209 Å². The van der Waals surface area contributed by atoms with Gasteiger partial charge in [0.1, 0.15) is 5.82 Å². The minimum atomic E-state index is -0.388. The molecular formula is C27H31N7O2. The van der Waals surface area contributed by atoms with Gasteiger partial charge in [-0.3, -0.25) is 9.36 Å². The number of rotatable bonds is 5. The van der Waals surface area contributed by atoms with Gasteiger partial charge in [-0.05, 0) is 34.7 Å². The molecule has 186 valence electrons. The second-order valence-corrected chi connectivity index (χ2v) is 10.5. The Bertz CT molecular complexity index is 1400. The van der Waals surface area contributed by atoms with Crippen molar-refractivity contribution >= 4 is 5.91 Å². The fourth-order valence-electron chi connectivity index (χ4n) is 4.94. The quantitative estimate of drug-likeness (QED) is 0.447. The summed E-state index contributed by atoms with van der Waals surface area (Å²) in [6.07, 6.45) is 4.86. The molecule has 1 aliphatic rings. The Balaban J connectivity index is 1.45. The molecule has 0 bridgehead atoms. The molecule has 0 saturated heterocycles. The van der Waals surface area contributed by atoms with Crippen molar-refractivity contribution in [2.45, 2.75) is 64.8 Å². The van der Waals surface area contributed by atoms with Gasteiger partial charge in [0.05, 0.1) is 6.54 Å². The number of hydrogen-bond donors (Lipinski definition) is 1. The lowest BCUT2D eigenvalue weighted by atomic mass is 9.89. The van der Waals surface area contributed by atoms with E-state index in [2.05, 4.69) is 25.7 Å². The van der Waals surface area contributed by atoms with Crippen molar-refractivity contribution in [2.24, 2.45) is 5.92 Å². The zero-order valence-electron chi connectivity index (χ0n) is 20.9. The lowest BCUT2D eigenvalue weighted by Gasteiger charge is -2.19. The van der Waals surface area contributed by atoms with E-state index in [9.17, 15) is 9.59 Å². The summed E-state index contributed by atoms with van der Waals surface area (Å²) in [5, 5.41) is 19.0. The van der Waals surface area contributed by atoms with Gasteiger partial charge in [0.15, 0.2) is 0 Å². The zero-order valence-corrected chi connectivity index (χ0v) is 20.9. The maximum Gasteiger partial charge on any atom is 0.353 e. The van der Waals surface area contributed by atoms with Gasteiger partial charge in [0.2, 0.25) is 5.82 Å². The third-order valence-corrected chi connectivity index (χ3v) is 6.82. The van der Waals surface area contributed by atoms with Crippen LogP contribution in [0.2, 0.25) is 0 Å². The Kier molecular flexibility index (Phi) is 6.38. The highest BCUT2D eigenvalue weighted by Crippen LogP contribution is 2.30. The van der Waals surface area contributed by atoms with Crippen molar-refractivity contribution in [1.82, 2.24) is 35.0 Å². The van der Waals surface area contributed by atoms with Gasteiger partial charge >= 0.3 is 5.69 Å². The summed E-state index contributed by atoms with van der Waals surface area (Å²) in [5.74, 6) is 0.859. The monoisotopic (exact) mass is 485 g/mol. The fraction of sp³-hybridized carbons (Fsp3) is 0.407. The number of aromatic amines is 1. The molecule has 2 aromatic heterocycles. The number of H-pyrrole nitrogens is 1. The first kappa shape index (κ1) is 23.8. The number of carbonyl (C=O) groups excluding carboxylic acids is 1. The molecule has 0 unspecified atom stereocenters. The summed E-state index contributed by atoms with van der Waals surface area (Å²) < 4.78 is 2.76. The third-order valence-electron chi connectivity index (χ3n) is 6.82. The summed E-state index contributed by atoms with van der Waals surface area (Å²) in [5.41, 5.74) is 3.08. The number of nitrogens with zero attached hydrogens (tertiary/aromatic N) is 6. The maximum absolute atomic E-state index is 13.4. The van der Waals surface area contributed by atoms with Gasteiger partial charge in [-0.1, -0.05) is 88.6 Å². The SMILES string of the molecule is CC(C)(C)c1nn(C(=O)C2CCCCC2)c(=O)n1Cc1ccc(-c2ccccc2-c2nn[nH]n2)cc1. The number of aromatic nitrogens is 7. The van der Waals surface area contributed by atoms with E-state index in [1.165, 1.54) is 0 Å². The van der Waals surface area contributed by atoms with Crippen LogP contribution in [0.3, 0.4) is 0 Å². The van der Waals surface area contributed by atoms with E-state index in [1.54, 1.807) is 4.57 Å². The molecule has 2 aromatic carbocycles. The largest absolute Gasteiger partial charge is 0.353 e. The van der Waals surface area contributed by atoms with E-state index in [0.717, 1.165) is 59.0 Å². The van der Waals surface area contributed by atoms with Crippen LogP contribution < -0.4 is 5.69 Å². The molecule has 4 aromatic rings. The van der Waals surface area contributed by atoms with E-state index in [0.29, 0.717) is 18.2 Å². The molecule has 1 aliphatic carbocycles. The van der Waals surface area contributed by atoms with Gasteiger partial charge < -0.3 is 0 Å². The molecule has 9 nitrogen and oxygen atoms in total. The van der Waals surface area contributed by atoms with Crippen molar-refractivity contribution < 1.29 is 4.79 Å². The number of carbonyl (C=O) groups is 1. The van der Waals surface area contributed by atoms with E-state index in [4.69, 9.17) is 0 Å². The standard InChI is InChI=1S/C27H31N7O2/c1-27(2,3)25-30-34(24(35)20-9-5-4-6-10-20)26(36)33(25)17-18-13-15-19(16-14-18)21-11-7-8-12-22(21)23-28-31-32-29-23/h7-8,11-16,20H,4-6,9-10,17H2,1-3H3,(H,28,29,31,32). The highest BCUT2D eigenvalue weighted by Gasteiger charge is 2.30. The normalized spacial score (nSPS) is 14.8. The molecule has 36 heavy (non-hydrogen) atoms. The predicted octanol–water partition coefficient (Wildman–Crippen LogP) is 4.46. The molecule has 9 heteroatoms. The molecule has 2 heterocycles. The van der Waals surface area contributed by atoms with E-state index >= 15 is 0 Å². The average molecular weight is 486 g/mol. The van der Waals surface area contributed by atoms with Crippen molar-refractivity contribution in [3.8, 4) is 22.5 Å². The van der Waals surface area contributed by atoms with Crippen LogP contribution in [0.5, 0.6) is 0 Å². The predicted molar refractivity (Wildman–Crippen MR) is 137 cm³/mol. The lowest BCUT2D eigenvalue weighted by molar-refractivity contribution is 0.0778. The van der Waals surface area contributed by atoms with Gasteiger partial charge in [0.25, 0.3) is 5.91 Å². The van der Waals surface area contributed by atoms with Crippen molar-refractivity contribution in [1.29, 1.82) is 0 Å². The van der Waals surface area contributed by atoms with Gasteiger partial charge in [0, 0.05) is 16.9 Å². The fourth-order valence-corrected chi connectivity index (χ4v) is 4.94. The second-order valence-electron chi connectivity index (χ2n) is 10.5. The molecule has 1 N–H and O–H groups in total. The minimum absolute atomic E-state index is 0.119. The number of hydrogen-bond acceptors (Lipinski definition) is 6. The summed E-state index contributed by atoms with van der Waals surface area (Å²) in [7, 11) is 0. The molecule has 5 rings (SSSR count). The number of benzene rings is 2. The summed E-state index contributed by atoms with van der Waals surface area (Å²) >= 11 is 0. The van der Waals surface area contributed by atoms with Gasteiger partial charge in [-0.15, -0.1) is 20.0 Å². The molecule has 0 atom stereocenters. The van der Waals surface area contributed by atoms with Crippen molar-refractivity contribution in [3.63, 3.8) is 0 Å². The third kappa shape index (κ3) is 4.65. The average Bonchev–Trinajstić information content (AvgIpc) is 3.53. The number of nitrogens with one attached hydrogen (secondary N) is 1. The molecule has 1 fully saturated rings. The van der Waals surface area contributed by atoms with E-state index in [1.807, 2.05) is 69.3 Å². The number of tetrazole rings is 1. The molecule has 0 amide bonds. The Morgan fingerprint density at radius 3 is 2.33 bits per heavy atom. The highest BCUT2D eigenvalue weighted by atomic mass is 16.2. The zero-order chi connectivity index (χ0) is 25.3. The highest BCUT2D eigenvalue weighted by molar-refractivity contribution is 5.81. The van der Waals surface area contributed by atoms with Crippen LogP contribution in [0.4, 0.5) is 0 Å². The Morgan fingerprint density at radius 2 is 1.69 bits per heavy atom. The first-order valence-electron chi connectivity index (χ1n) is 12.5. The summed E-state index contributed by atoms with van der Waals surface area (Å²) in [4.78, 5) is 26.6. The van der Waals surface area contributed by atoms with Gasteiger partial charge in [-0.2, -0.15) is 5.21 Å². The van der Waals surface area contributed by atoms with Crippen LogP contribution >= 0.6 is 0 Å². The van der Waals surface area contributed by atoms with Crippen LogP contribution in [0.25, 0.3) is 22.5 Å². The van der Waals surface area contributed by atoms with E-state index < -0.39 is 0 Å². The van der Waals surface area contributed by atoms with Crippen LogP contribution in [-0.2, 0) is 12.0 Å². The maximum atomic E-state index is 13.4. The van der Waals surface area contributed by atoms with Crippen LogP contribution in [0, 0.1) is 5.92 Å². The molecule has 0 spiro atoms. The van der Waals surface area contributed by atoms with Crippen LogP contribution in [0.15, 0.2) is 53.3 Å². The smallest absolute Gasteiger partial charge is 0.274 e. The summed E-state index contributed by atoms with van der Waals surface area (Å²) in [6.45, 7) is 6.38. The first-order valence-corrected chi connectivity index (χ1v) is 12.5. The first-order chi connectivity index (χ1) is 17.3. The molecule has 0 aliphatic heterocycles. The topological polar surface area (TPSA) is 111 Å². The van der Waals surface area contributed by atoms with Gasteiger partial charge in [-0.25, -0.2) is 4.79 Å². The van der Waals surface area contributed by atoms with Crippen molar-refractivity contribution in [3.05, 3.63) is 70.4 Å². The van der Waals surface area contributed by atoms with Crippen LogP contribution in [0.1, 0.15) is 69.1 Å². The Morgan fingerprint density at radius 1 is 1.00 bits per heavy atom. The van der Waals surface area contributed by atoms with E-state index in [-0.39, 0.29) is 22.9 Å². The molecular weight excluding hydrogens is 454 g/mol. The second kappa shape index (κ2) is 9.64.